The van der Waals surface area contributed by atoms with Crippen LogP contribution in [0.3, 0.4) is 0 Å². The Hall–Kier alpha value is -2.77. The summed E-state index contributed by atoms with van der Waals surface area (Å²) in [7, 11) is 2.93. The van der Waals surface area contributed by atoms with Crippen molar-refractivity contribution in [1.82, 2.24) is 10.6 Å². The Kier molecular flexibility index (Phi) is 7.54. The third-order valence-electron chi connectivity index (χ3n) is 3.08. The Morgan fingerprint density at radius 1 is 1.12 bits per heavy atom. The molecular weight excluding hydrogens is 316 g/mol. The number of esters is 1. The van der Waals surface area contributed by atoms with Crippen molar-refractivity contribution in [3.8, 4) is 11.5 Å². The van der Waals surface area contributed by atoms with Gasteiger partial charge in [0.25, 0.3) is 5.91 Å². The van der Waals surface area contributed by atoms with E-state index < -0.39 is 24.5 Å². The molecular formula is C16H22N2O6. The monoisotopic (exact) mass is 338 g/mol. The molecule has 0 aliphatic heterocycles. The van der Waals surface area contributed by atoms with Crippen molar-refractivity contribution in [3.05, 3.63) is 23.8 Å². The summed E-state index contributed by atoms with van der Waals surface area (Å²) < 4.78 is 15.1. The lowest BCUT2D eigenvalue weighted by atomic mass is 10.2. The molecule has 0 aliphatic rings. The van der Waals surface area contributed by atoms with Crippen LogP contribution in [0.25, 0.3) is 0 Å². The molecule has 1 aromatic carbocycles. The fourth-order valence-corrected chi connectivity index (χ4v) is 1.85. The summed E-state index contributed by atoms with van der Waals surface area (Å²) in [4.78, 5) is 35.2. The fraction of sp³-hybridized carbons (Fsp3) is 0.438. The minimum absolute atomic E-state index is 0.220. The molecule has 0 saturated carbocycles. The van der Waals surface area contributed by atoms with E-state index in [0.717, 1.165) is 0 Å². The molecule has 1 rings (SSSR count). The number of rotatable bonds is 8. The number of methoxy groups -OCH3 is 2. The maximum Gasteiger partial charge on any atom is 0.338 e. The Balaban J connectivity index is 2.56. The van der Waals surface area contributed by atoms with Crippen molar-refractivity contribution in [2.75, 3.05) is 27.4 Å². The van der Waals surface area contributed by atoms with Gasteiger partial charge in [0.15, 0.2) is 18.1 Å². The molecule has 0 fully saturated rings. The molecule has 0 saturated heterocycles. The van der Waals surface area contributed by atoms with Crippen molar-refractivity contribution < 1.29 is 28.6 Å². The van der Waals surface area contributed by atoms with Crippen LogP contribution in [-0.2, 0) is 14.3 Å². The number of ether oxygens (including phenoxy) is 3. The van der Waals surface area contributed by atoms with Crippen LogP contribution < -0.4 is 20.1 Å². The van der Waals surface area contributed by atoms with Crippen LogP contribution in [0.5, 0.6) is 11.5 Å². The first-order valence-electron chi connectivity index (χ1n) is 7.39. The Labute approximate surface area is 140 Å². The molecule has 0 aliphatic carbocycles. The zero-order valence-corrected chi connectivity index (χ0v) is 14.2. The number of hydrogen-bond acceptors (Lipinski definition) is 6. The highest BCUT2D eigenvalue weighted by molar-refractivity contribution is 5.93. The average Bonchev–Trinajstić information content (AvgIpc) is 2.59. The molecule has 0 spiro atoms. The van der Waals surface area contributed by atoms with Crippen LogP contribution in [0.15, 0.2) is 18.2 Å². The maximum absolute atomic E-state index is 12.0. The van der Waals surface area contributed by atoms with Gasteiger partial charge in [0.2, 0.25) is 5.91 Å². The molecule has 0 heterocycles. The first kappa shape index (κ1) is 19.3. The first-order valence-corrected chi connectivity index (χ1v) is 7.39. The van der Waals surface area contributed by atoms with Gasteiger partial charge in [-0.3, -0.25) is 9.59 Å². The molecule has 8 nitrogen and oxygen atoms in total. The maximum atomic E-state index is 12.0. The summed E-state index contributed by atoms with van der Waals surface area (Å²) in [6, 6.07) is 3.80. The summed E-state index contributed by atoms with van der Waals surface area (Å²) in [6.07, 6.45) is 0. The van der Waals surface area contributed by atoms with Crippen molar-refractivity contribution in [2.45, 2.75) is 19.9 Å². The van der Waals surface area contributed by atoms with Gasteiger partial charge < -0.3 is 24.8 Å². The summed E-state index contributed by atoms with van der Waals surface area (Å²) in [6.45, 7) is 3.29. The van der Waals surface area contributed by atoms with E-state index in [2.05, 4.69) is 10.6 Å². The van der Waals surface area contributed by atoms with Gasteiger partial charge in [-0.2, -0.15) is 0 Å². The van der Waals surface area contributed by atoms with E-state index in [1.165, 1.54) is 26.4 Å². The minimum atomic E-state index is -0.711. The summed E-state index contributed by atoms with van der Waals surface area (Å²) in [5, 5.41) is 5.02. The normalized spacial score (nSPS) is 11.2. The Bertz CT molecular complexity index is 602. The topological polar surface area (TPSA) is 103 Å². The second-order valence-corrected chi connectivity index (χ2v) is 4.83. The molecule has 132 valence electrons. The number of amides is 2. The van der Waals surface area contributed by atoms with E-state index in [9.17, 15) is 14.4 Å². The second-order valence-electron chi connectivity index (χ2n) is 4.83. The predicted octanol–water partition coefficient (Wildman–Crippen LogP) is 0.501. The lowest BCUT2D eigenvalue weighted by Crippen LogP contribution is -2.46. The van der Waals surface area contributed by atoms with Crippen molar-refractivity contribution >= 4 is 17.8 Å². The van der Waals surface area contributed by atoms with Crippen LogP contribution in [0.2, 0.25) is 0 Å². The van der Waals surface area contributed by atoms with Crippen molar-refractivity contribution in [2.24, 2.45) is 0 Å². The van der Waals surface area contributed by atoms with Gasteiger partial charge >= 0.3 is 5.97 Å². The number of carbonyl (C=O) groups is 3. The number of carbonyl (C=O) groups excluding carboxylic acids is 3. The van der Waals surface area contributed by atoms with Crippen LogP contribution >= 0.6 is 0 Å². The highest BCUT2D eigenvalue weighted by atomic mass is 16.5. The van der Waals surface area contributed by atoms with E-state index >= 15 is 0 Å². The molecule has 0 bridgehead atoms. The lowest BCUT2D eigenvalue weighted by molar-refractivity contribution is -0.130. The van der Waals surface area contributed by atoms with Crippen LogP contribution in [-0.4, -0.2) is 51.2 Å². The van der Waals surface area contributed by atoms with E-state index in [-0.39, 0.29) is 11.5 Å². The predicted molar refractivity (Wildman–Crippen MR) is 86.1 cm³/mol. The number of benzene rings is 1. The van der Waals surface area contributed by atoms with Crippen molar-refractivity contribution in [1.29, 1.82) is 0 Å². The van der Waals surface area contributed by atoms with E-state index in [1.54, 1.807) is 19.9 Å². The second kappa shape index (κ2) is 9.39. The summed E-state index contributed by atoms with van der Waals surface area (Å²) in [5.41, 5.74) is 0.220. The van der Waals surface area contributed by atoms with E-state index in [1.807, 2.05) is 0 Å². The number of hydrogen-bond donors (Lipinski definition) is 2. The van der Waals surface area contributed by atoms with Gasteiger partial charge in [0, 0.05) is 6.54 Å². The molecule has 2 amide bonds. The Morgan fingerprint density at radius 3 is 2.38 bits per heavy atom. The zero-order chi connectivity index (χ0) is 18.1. The summed E-state index contributed by atoms with van der Waals surface area (Å²) in [5.74, 6) is -0.708. The molecule has 24 heavy (non-hydrogen) atoms. The molecule has 2 N–H and O–H groups in total. The highest BCUT2D eigenvalue weighted by Gasteiger charge is 2.17. The van der Waals surface area contributed by atoms with Gasteiger partial charge in [0.05, 0.1) is 19.8 Å². The standard InChI is InChI=1S/C16H22N2O6/c1-5-17-15(20)10(2)18-14(19)9-24-16(21)11-6-7-12(22-3)13(8-11)23-4/h6-8,10H,5,9H2,1-4H3,(H,17,20)(H,18,19)/t10-/m1/s1. The smallest absolute Gasteiger partial charge is 0.338 e. The third-order valence-corrected chi connectivity index (χ3v) is 3.08. The molecule has 8 heteroatoms. The first-order chi connectivity index (χ1) is 11.4. The van der Waals surface area contributed by atoms with Crippen molar-refractivity contribution in [3.63, 3.8) is 0 Å². The lowest BCUT2D eigenvalue weighted by Gasteiger charge is -2.13. The number of nitrogens with one attached hydrogen (secondary N) is 2. The SMILES string of the molecule is CCNC(=O)[C@@H](C)NC(=O)COC(=O)c1ccc(OC)c(OC)c1. The summed E-state index contributed by atoms with van der Waals surface area (Å²) >= 11 is 0. The van der Waals surface area contributed by atoms with E-state index in [0.29, 0.717) is 18.0 Å². The minimum Gasteiger partial charge on any atom is -0.493 e. The van der Waals surface area contributed by atoms with E-state index in [4.69, 9.17) is 14.2 Å². The quantitative estimate of drug-likeness (QED) is 0.669. The highest BCUT2D eigenvalue weighted by Crippen LogP contribution is 2.27. The van der Waals surface area contributed by atoms with Crippen LogP contribution in [0.4, 0.5) is 0 Å². The molecule has 1 atom stereocenters. The zero-order valence-electron chi connectivity index (χ0n) is 14.2. The molecule has 0 unspecified atom stereocenters. The third kappa shape index (κ3) is 5.45. The molecule has 0 radical (unpaired) electrons. The molecule has 0 aromatic heterocycles. The Morgan fingerprint density at radius 2 is 1.79 bits per heavy atom. The van der Waals surface area contributed by atoms with Crippen LogP contribution in [0.1, 0.15) is 24.2 Å². The van der Waals surface area contributed by atoms with Gasteiger partial charge in [-0.05, 0) is 32.0 Å². The average molecular weight is 338 g/mol. The van der Waals surface area contributed by atoms with Gasteiger partial charge in [-0.1, -0.05) is 0 Å². The van der Waals surface area contributed by atoms with Gasteiger partial charge in [0.1, 0.15) is 6.04 Å². The van der Waals surface area contributed by atoms with Gasteiger partial charge in [-0.25, -0.2) is 4.79 Å². The fourth-order valence-electron chi connectivity index (χ4n) is 1.85. The molecule has 1 aromatic rings. The largest absolute Gasteiger partial charge is 0.493 e. The van der Waals surface area contributed by atoms with Crippen LogP contribution in [0, 0.1) is 0 Å². The van der Waals surface area contributed by atoms with Gasteiger partial charge in [-0.15, -0.1) is 0 Å². The number of likely N-dealkylation sites (N-methyl/N-ethyl adjacent to an activating group) is 1.